The summed E-state index contributed by atoms with van der Waals surface area (Å²) < 4.78 is 20.6. The number of ether oxygens (including phenoxy) is 1. The maximum Gasteiger partial charge on any atom is 0.476 e. The van der Waals surface area contributed by atoms with Crippen molar-refractivity contribution in [2.24, 2.45) is 11.8 Å². The second kappa shape index (κ2) is 15.6. The van der Waals surface area contributed by atoms with E-state index >= 15 is 0 Å². The number of benzene rings is 3. The molecule has 0 aliphatic carbocycles. The molecule has 0 bridgehead atoms. The summed E-state index contributed by atoms with van der Waals surface area (Å²) in [5, 5.41) is 30.9. The highest BCUT2D eigenvalue weighted by Gasteiger charge is 2.57. The van der Waals surface area contributed by atoms with Gasteiger partial charge in [0.15, 0.2) is 5.82 Å². The lowest BCUT2D eigenvalue weighted by atomic mass is 9.74. The summed E-state index contributed by atoms with van der Waals surface area (Å²) in [6.07, 6.45) is 2.59. The lowest BCUT2D eigenvalue weighted by molar-refractivity contribution is -0.0133. The van der Waals surface area contributed by atoms with Crippen molar-refractivity contribution in [2.45, 2.75) is 90.8 Å². The minimum absolute atomic E-state index is 0.00430. The molecule has 12 nitrogen and oxygen atoms in total. The van der Waals surface area contributed by atoms with Gasteiger partial charge in [-0.3, -0.25) is 4.79 Å². The first kappa shape index (κ1) is 39.1. The quantitative estimate of drug-likeness (QED) is 0.121. The van der Waals surface area contributed by atoms with Crippen LogP contribution in [0, 0.1) is 11.8 Å². The predicted octanol–water partition coefficient (Wildman–Crippen LogP) is 6.40. The molecule has 3 aromatic carbocycles. The number of hydrogen-bond acceptors (Lipinski definition) is 9. The fourth-order valence-electron chi connectivity index (χ4n) is 7.53. The molecular formula is C41H54BN5O7. The van der Waals surface area contributed by atoms with Gasteiger partial charge < -0.3 is 34.5 Å². The van der Waals surface area contributed by atoms with Crippen molar-refractivity contribution in [1.82, 2.24) is 25.0 Å². The second-order valence-electron chi connectivity index (χ2n) is 16.1. The number of rotatable bonds is 12. The van der Waals surface area contributed by atoms with Gasteiger partial charge in [-0.2, -0.15) is 5.10 Å². The maximum absolute atomic E-state index is 13.5. The number of aromatic nitrogens is 3. The summed E-state index contributed by atoms with van der Waals surface area (Å²) in [6, 6.07) is 17.8. The van der Waals surface area contributed by atoms with Gasteiger partial charge in [0.05, 0.1) is 23.5 Å². The van der Waals surface area contributed by atoms with Gasteiger partial charge in [0.1, 0.15) is 22.8 Å². The average molecular weight is 740 g/mol. The Balaban J connectivity index is 1.03. The van der Waals surface area contributed by atoms with E-state index in [4.69, 9.17) is 14.0 Å². The van der Waals surface area contributed by atoms with Crippen LogP contribution in [-0.4, -0.2) is 81.2 Å². The van der Waals surface area contributed by atoms with E-state index in [1.54, 1.807) is 30.3 Å². The number of carbonyl (C=O) groups is 1. The van der Waals surface area contributed by atoms with Crippen LogP contribution in [0.3, 0.4) is 0 Å². The number of carbonyl (C=O) groups excluding carboxylic acids is 1. The number of likely N-dealkylation sites (tertiary alicyclic amines) is 1. The normalized spacial score (nSPS) is 19.5. The van der Waals surface area contributed by atoms with E-state index in [1.165, 1.54) is 10.6 Å². The van der Waals surface area contributed by atoms with Crippen LogP contribution in [0.1, 0.15) is 95.1 Å². The topological polar surface area (TPSA) is 151 Å². The standard InChI is InChI=1S/C41H54BN5O7/c1-25(2)21-36(43-8)42-53-40(5,6)41(7,54-42)29-11-9-28(10-12-29)38(50)46-19-17-27(18-20-46)24-52-31-15-13-30(14-16-31)47-37(44-45-39(47)51)33-22-32(26(3)4)34(48)23-35(33)49/h9-16,22-23,25-27,36,43,48-49H,17-21,24H2,1-8H3,(H,45,51). The minimum atomic E-state index is -0.681. The second-order valence-corrected chi connectivity index (χ2v) is 16.1. The molecule has 0 spiro atoms. The zero-order valence-electron chi connectivity index (χ0n) is 32.7. The van der Waals surface area contributed by atoms with Crippen LogP contribution < -0.4 is 15.7 Å². The number of amides is 1. The SMILES string of the molecule is CNC(CC(C)C)B1OC(C)(C)C(C)(c2ccc(C(=O)N3CCC(COc4ccc(-n5c(-c6cc(C(C)C)c(O)cc6O)n[nH]c5=O)cc4)CC3)cc2)O1. The Kier molecular flexibility index (Phi) is 11.3. The Hall–Kier alpha value is -4.59. The first-order chi connectivity index (χ1) is 25.6. The van der Waals surface area contributed by atoms with Crippen LogP contribution in [0.4, 0.5) is 0 Å². The summed E-state index contributed by atoms with van der Waals surface area (Å²) in [4.78, 5) is 28.3. The molecule has 288 valence electrons. The largest absolute Gasteiger partial charge is 0.508 e. The van der Waals surface area contributed by atoms with Gasteiger partial charge in [-0.25, -0.2) is 14.5 Å². The van der Waals surface area contributed by atoms with E-state index in [1.807, 2.05) is 50.1 Å². The van der Waals surface area contributed by atoms with Crippen molar-refractivity contribution < 1.29 is 29.1 Å². The van der Waals surface area contributed by atoms with Crippen LogP contribution in [0.15, 0.2) is 65.5 Å². The van der Waals surface area contributed by atoms with Gasteiger partial charge in [-0.05, 0) is 118 Å². The summed E-state index contributed by atoms with van der Waals surface area (Å²) in [5.74, 6) is 1.57. The Morgan fingerprint density at radius 1 is 1.00 bits per heavy atom. The van der Waals surface area contributed by atoms with Gasteiger partial charge >= 0.3 is 12.8 Å². The van der Waals surface area contributed by atoms with E-state index in [0.29, 0.717) is 59.7 Å². The minimum Gasteiger partial charge on any atom is -0.508 e. The molecule has 6 rings (SSSR count). The molecule has 2 saturated heterocycles. The highest BCUT2D eigenvalue weighted by atomic mass is 16.7. The van der Waals surface area contributed by atoms with Gasteiger partial charge in [0, 0.05) is 30.7 Å². The van der Waals surface area contributed by atoms with E-state index in [0.717, 1.165) is 24.8 Å². The number of aromatic amines is 1. The zero-order valence-corrected chi connectivity index (χ0v) is 32.7. The molecule has 1 aromatic heterocycles. The molecule has 2 fully saturated rings. The van der Waals surface area contributed by atoms with Gasteiger partial charge in [-0.1, -0.05) is 39.8 Å². The van der Waals surface area contributed by atoms with Crippen molar-refractivity contribution in [2.75, 3.05) is 26.7 Å². The molecule has 3 heterocycles. The van der Waals surface area contributed by atoms with Crippen LogP contribution in [0.5, 0.6) is 17.2 Å². The zero-order chi connectivity index (χ0) is 38.9. The highest BCUT2D eigenvalue weighted by Crippen LogP contribution is 2.46. The molecule has 2 unspecified atom stereocenters. The van der Waals surface area contributed by atoms with E-state index in [-0.39, 0.29) is 42.2 Å². The van der Waals surface area contributed by atoms with Gasteiger partial charge in [-0.15, -0.1) is 0 Å². The fourth-order valence-corrected chi connectivity index (χ4v) is 7.53. The van der Waals surface area contributed by atoms with E-state index in [2.05, 4.69) is 50.1 Å². The molecule has 4 aromatic rings. The third-order valence-electron chi connectivity index (χ3n) is 11.2. The summed E-state index contributed by atoms with van der Waals surface area (Å²) in [6.45, 7) is 16.2. The number of phenolic OH excluding ortho intramolecular Hbond substituents is 2. The molecule has 2 atom stereocenters. The Morgan fingerprint density at radius 3 is 2.28 bits per heavy atom. The highest BCUT2D eigenvalue weighted by molar-refractivity contribution is 6.47. The molecule has 2 aliphatic heterocycles. The third-order valence-corrected chi connectivity index (χ3v) is 11.2. The Labute approximate surface area is 318 Å². The molecule has 1 amide bonds. The number of aromatic hydroxyl groups is 2. The summed E-state index contributed by atoms with van der Waals surface area (Å²) in [5.41, 5.74) is 1.43. The fraction of sp³-hybridized carbons (Fsp3) is 0.488. The van der Waals surface area contributed by atoms with Crippen molar-refractivity contribution in [3.05, 3.63) is 87.8 Å². The van der Waals surface area contributed by atoms with E-state index in [9.17, 15) is 19.8 Å². The van der Waals surface area contributed by atoms with Crippen LogP contribution in [-0.2, 0) is 14.9 Å². The van der Waals surface area contributed by atoms with Crippen molar-refractivity contribution in [3.8, 4) is 34.3 Å². The Morgan fingerprint density at radius 2 is 1.67 bits per heavy atom. The summed E-state index contributed by atoms with van der Waals surface area (Å²) in [7, 11) is 1.56. The number of phenols is 2. The third kappa shape index (κ3) is 7.80. The molecule has 2 aliphatic rings. The first-order valence-electron chi connectivity index (χ1n) is 19.0. The van der Waals surface area contributed by atoms with Gasteiger partial charge in [0.2, 0.25) is 0 Å². The first-order valence-corrected chi connectivity index (χ1v) is 19.0. The molecule has 0 radical (unpaired) electrons. The Bertz CT molecular complexity index is 1980. The lowest BCUT2D eigenvalue weighted by Crippen LogP contribution is -2.44. The number of nitrogens with one attached hydrogen (secondary N) is 2. The van der Waals surface area contributed by atoms with Gasteiger partial charge in [0.25, 0.3) is 5.91 Å². The van der Waals surface area contributed by atoms with Crippen LogP contribution in [0.2, 0.25) is 0 Å². The lowest BCUT2D eigenvalue weighted by Gasteiger charge is -2.37. The maximum atomic E-state index is 13.5. The predicted molar refractivity (Wildman–Crippen MR) is 209 cm³/mol. The molecule has 13 heteroatoms. The summed E-state index contributed by atoms with van der Waals surface area (Å²) >= 11 is 0. The average Bonchev–Trinajstić information content (AvgIpc) is 3.64. The number of hydrogen-bond donors (Lipinski definition) is 4. The number of piperidine rings is 1. The number of nitrogens with zero attached hydrogens (tertiary/aromatic N) is 3. The molecule has 0 saturated carbocycles. The van der Waals surface area contributed by atoms with Crippen LogP contribution in [0.25, 0.3) is 17.1 Å². The molecule has 54 heavy (non-hydrogen) atoms. The molecule has 4 N–H and O–H groups in total. The van der Waals surface area contributed by atoms with Crippen molar-refractivity contribution in [3.63, 3.8) is 0 Å². The van der Waals surface area contributed by atoms with Crippen molar-refractivity contribution in [1.29, 1.82) is 0 Å². The van der Waals surface area contributed by atoms with Crippen LogP contribution >= 0.6 is 0 Å². The molecular weight excluding hydrogens is 685 g/mol. The number of H-pyrrole nitrogens is 1. The smallest absolute Gasteiger partial charge is 0.476 e. The monoisotopic (exact) mass is 739 g/mol. The van der Waals surface area contributed by atoms with E-state index < -0.39 is 16.9 Å². The van der Waals surface area contributed by atoms with Crippen molar-refractivity contribution >= 4 is 13.0 Å².